The van der Waals surface area contributed by atoms with Gasteiger partial charge in [-0.1, -0.05) is 91.0 Å². The summed E-state index contributed by atoms with van der Waals surface area (Å²) >= 11 is 0. The van der Waals surface area contributed by atoms with Crippen molar-refractivity contribution < 1.29 is 43.3 Å². The fourth-order valence-corrected chi connectivity index (χ4v) is 6.06. The van der Waals surface area contributed by atoms with Gasteiger partial charge in [-0.15, -0.1) is 0 Å². The van der Waals surface area contributed by atoms with Crippen LogP contribution >= 0.6 is 0 Å². The summed E-state index contributed by atoms with van der Waals surface area (Å²) in [5.41, 5.74) is 3.17. The summed E-state index contributed by atoms with van der Waals surface area (Å²) in [6.07, 6.45) is 0.935. The van der Waals surface area contributed by atoms with E-state index in [1.54, 1.807) is 51.2 Å². The lowest BCUT2D eigenvalue weighted by Crippen LogP contribution is -2.59. The summed E-state index contributed by atoms with van der Waals surface area (Å²) in [4.78, 5) is 69.9. The molecule has 14 nitrogen and oxygen atoms in total. The summed E-state index contributed by atoms with van der Waals surface area (Å²) in [7, 11) is 0. The normalized spacial score (nSPS) is 13.3. The maximum atomic E-state index is 14.3. The van der Waals surface area contributed by atoms with Crippen molar-refractivity contribution >= 4 is 40.7 Å². The van der Waals surface area contributed by atoms with Crippen molar-refractivity contribution in [2.24, 2.45) is 0 Å². The molecule has 4 amide bonds. The number of ether oxygens (including phenoxy) is 3. The van der Waals surface area contributed by atoms with Crippen LogP contribution in [0.25, 0.3) is 10.9 Å². The minimum atomic E-state index is -1.34. The monoisotopic (exact) mass is 805 g/mol. The number of carboxylic acid groups (broad SMARTS) is 1. The Hall–Kier alpha value is -6.67. The molecule has 1 heterocycles. The number of benzene rings is 4. The van der Waals surface area contributed by atoms with E-state index in [1.165, 1.54) is 6.92 Å². The third-order valence-electron chi connectivity index (χ3n) is 9.11. The van der Waals surface area contributed by atoms with Crippen LogP contribution in [-0.4, -0.2) is 76.2 Å². The molecule has 6 N–H and O–H groups in total. The molecule has 0 aliphatic heterocycles. The largest absolute Gasteiger partial charge is 0.489 e. The first-order valence-corrected chi connectivity index (χ1v) is 19.3. The van der Waals surface area contributed by atoms with Gasteiger partial charge in [-0.25, -0.2) is 4.79 Å². The van der Waals surface area contributed by atoms with Gasteiger partial charge in [0.2, 0.25) is 17.7 Å². The van der Waals surface area contributed by atoms with Crippen LogP contribution in [0.4, 0.5) is 4.79 Å². The zero-order valence-electron chi connectivity index (χ0n) is 33.5. The van der Waals surface area contributed by atoms with Gasteiger partial charge in [0.1, 0.15) is 42.1 Å². The van der Waals surface area contributed by atoms with E-state index in [0.717, 1.165) is 27.6 Å². The fraction of sp³-hybridized carbons (Fsp3) is 0.311. The molecule has 5 aromatic rings. The second-order valence-electron chi connectivity index (χ2n) is 15.1. The second-order valence-corrected chi connectivity index (χ2v) is 15.1. The number of rotatable bonds is 19. The third-order valence-corrected chi connectivity index (χ3v) is 9.11. The second kappa shape index (κ2) is 20.7. The Morgan fingerprint density at radius 3 is 1.83 bits per heavy atom. The van der Waals surface area contributed by atoms with Crippen molar-refractivity contribution in [1.82, 2.24) is 26.3 Å². The number of aliphatic carboxylic acids is 1. The fourth-order valence-electron chi connectivity index (χ4n) is 6.06. The summed E-state index contributed by atoms with van der Waals surface area (Å²) in [5, 5.41) is 20.9. The maximum absolute atomic E-state index is 14.3. The van der Waals surface area contributed by atoms with Crippen LogP contribution in [0.2, 0.25) is 0 Å². The van der Waals surface area contributed by atoms with Gasteiger partial charge >= 0.3 is 12.1 Å². The van der Waals surface area contributed by atoms with E-state index in [9.17, 15) is 29.1 Å². The molecule has 0 saturated carbocycles. The minimum absolute atomic E-state index is 0.0342. The summed E-state index contributed by atoms with van der Waals surface area (Å²) in [6.45, 7) is 6.55. The van der Waals surface area contributed by atoms with Gasteiger partial charge in [0.05, 0.1) is 13.2 Å². The van der Waals surface area contributed by atoms with Crippen LogP contribution in [0.3, 0.4) is 0 Å². The van der Waals surface area contributed by atoms with Crippen molar-refractivity contribution in [3.05, 3.63) is 138 Å². The number of hydrogen-bond acceptors (Lipinski definition) is 8. The Morgan fingerprint density at radius 1 is 0.644 bits per heavy atom. The molecule has 59 heavy (non-hydrogen) atoms. The summed E-state index contributed by atoms with van der Waals surface area (Å²) < 4.78 is 17.3. The molecule has 0 radical (unpaired) electrons. The number of para-hydroxylation sites is 1. The highest BCUT2D eigenvalue weighted by Crippen LogP contribution is 2.20. The van der Waals surface area contributed by atoms with Crippen LogP contribution < -0.4 is 26.0 Å². The summed E-state index contributed by atoms with van der Waals surface area (Å²) in [6, 6.07) is 28.3. The highest BCUT2D eigenvalue weighted by atomic mass is 16.6. The van der Waals surface area contributed by atoms with E-state index in [2.05, 4.69) is 26.3 Å². The lowest BCUT2D eigenvalue weighted by atomic mass is 10.0. The molecule has 4 aromatic carbocycles. The molecule has 310 valence electrons. The average Bonchev–Trinajstić information content (AvgIpc) is 3.62. The number of carbonyl (C=O) groups is 5. The van der Waals surface area contributed by atoms with Gasteiger partial charge in [0.25, 0.3) is 0 Å². The maximum Gasteiger partial charge on any atom is 0.408 e. The molecule has 0 spiro atoms. The van der Waals surface area contributed by atoms with Crippen molar-refractivity contribution in [2.45, 2.75) is 83.5 Å². The molecular formula is C45H51N5O9. The predicted molar refractivity (Wildman–Crippen MR) is 221 cm³/mol. The van der Waals surface area contributed by atoms with Crippen LogP contribution in [0, 0.1) is 0 Å². The highest BCUT2D eigenvalue weighted by molar-refractivity contribution is 5.95. The number of nitrogens with one attached hydrogen (secondary N) is 5. The molecule has 0 unspecified atom stereocenters. The third kappa shape index (κ3) is 13.7. The van der Waals surface area contributed by atoms with E-state index >= 15 is 0 Å². The number of carbonyl (C=O) groups excluding carboxylic acids is 4. The van der Waals surface area contributed by atoms with Gasteiger partial charge < -0.3 is 45.6 Å². The quantitative estimate of drug-likeness (QED) is 0.0650. The molecule has 0 fully saturated rings. The Kier molecular flexibility index (Phi) is 15.2. The van der Waals surface area contributed by atoms with Gasteiger partial charge in [-0.3, -0.25) is 19.2 Å². The first-order chi connectivity index (χ1) is 28.2. The number of alkyl carbamates (subject to hydrolysis) is 1. The van der Waals surface area contributed by atoms with Gasteiger partial charge in [-0.2, -0.15) is 0 Å². The molecule has 0 bridgehead atoms. The number of hydrogen-bond donors (Lipinski definition) is 6. The lowest BCUT2D eigenvalue weighted by molar-refractivity contribution is -0.142. The topological polar surface area (TPSA) is 197 Å². The summed E-state index contributed by atoms with van der Waals surface area (Å²) in [5.74, 6) is -2.92. The molecule has 5 rings (SSSR count). The molecule has 0 saturated heterocycles. The minimum Gasteiger partial charge on any atom is -0.489 e. The SMILES string of the molecule is C[C@@H](NC(=O)[C@H](COCc1ccccc1)NC(=O)[C@H](Cc1ccc(OCc2ccccc2)cc1)NC(=O)[C@H](Cc1c[nH]c2ccccc12)NC(=O)OC(C)(C)C)C(=O)O. The molecule has 0 aliphatic rings. The van der Waals surface area contributed by atoms with Gasteiger partial charge in [0.15, 0.2) is 0 Å². The van der Waals surface area contributed by atoms with E-state index in [4.69, 9.17) is 14.2 Å². The first-order valence-electron chi connectivity index (χ1n) is 19.3. The highest BCUT2D eigenvalue weighted by Gasteiger charge is 2.32. The molecule has 1 aromatic heterocycles. The number of carboxylic acids is 1. The van der Waals surface area contributed by atoms with Crippen molar-refractivity contribution in [2.75, 3.05) is 6.61 Å². The van der Waals surface area contributed by atoms with Gasteiger partial charge in [0, 0.05) is 29.9 Å². The van der Waals surface area contributed by atoms with E-state index in [-0.39, 0.29) is 26.1 Å². The number of H-pyrrole nitrogens is 1. The Balaban J connectivity index is 1.40. The number of amides is 4. The Labute approximate surface area is 343 Å². The number of aromatic amines is 1. The van der Waals surface area contributed by atoms with E-state index in [0.29, 0.717) is 17.9 Å². The zero-order valence-corrected chi connectivity index (χ0v) is 33.5. The standard InChI is InChI=1S/C45H51N5O9/c1-29(43(54)55)47-42(53)39(28-57-26-31-13-7-5-8-14-31)49-40(51)37(23-30-19-21-34(22-20-30)58-27-32-15-9-6-10-16-32)48-41(52)38(50-44(56)59-45(2,3)4)24-33-25-46-36-18-12-11-17-35(33)36/h5-22,25,29,37-39,46H,23-24,26-28H2,1-4H3,(H,47,53)(H,48,52)(H,49,51)(H,50,56)(H,54,55)/t29-,37+,38+,39+/m1/s1. The van der Waals surface area contributed by atoms with Crippen molar-refractivity contribution in [3.8, 4) is 5.75 Å². The molecule has 0 aliphatic carbocycles. The predicted octanol–water partition coefficient (Wildman–Crippen LogP) is 5.20. The van der Waals surface area contributed by atoms with Crippen LogP contribution in [0.1, 0.15) is 49.9 Å². The average molecular weight is 806 g/mol. The number of aromatic nitrogens is 1. The molecule has 14 heteroatoms. The molecular weight excluding hydrogens is 755 g/mol. The number of fused-ring (bicyclic) bond motifs is 1. The van der Waals surface area contributed by atoms with Crippen molar-refractivity contribution in [1.29, 1.82) is 0 Å². The van der Waals surface area contributed by atoms with E-state index < -0.39 is 59.6 Å². The Morgan fingerprint density at radius 2 is 1.20 bits per heavy atom. The van der Waals surface area contributed by atoms with Crippen LogP contribution in [-0.2, 0) is 54.7 Å². The van der Waals surface area contributed by atoms with Crippen molar-refractivity contribution in [3.63, 3.8) is 0 Å². The van der Waals surface area contributed by atoms with Crippen LogP contribution in [0.15, 0.2) is 115 Å². The zero-order chi connectivity index (χ0) is 42.4. The Bertz CT molecular complexity index is 2170. The smallest absolute Gasteiger partial charge is 0.408 e. The first kappa shape index (κ1) is 43.5. The van der Waals surface area contributed by atoms with Gasteiger partial charge in [-0.05, 0) is 68.1 Å². The van der Waals surface area contributed by atoms with Crippen LogP contribution in [0.5, 0.6) is 5.75 Å². The van der Waals surface area contributed by atoms with E-state index in [1.807, 2.05) is 84.9 Å². The molecule has 4 atom stereocenters. The lowest BCUT2D eigenvalue weighted by Gasteiger charge is -2.27.